The molecule has 0 amide bonds. The average molecular weight is 317 g/mol. The van der Waals surface area contributed by atoms with E-state index in [-0.39, 0.29) is 6.54 Å². The predicted molar refractivity (Wildman–Crippen MR) is 72.8 cm³/mol. The van der Waals surface area contributed by atoms with Crippen LogP contribution in [-0.4, -0.2) is 37.6 Å². The van der Waals surface area contributed by atoms with Crippen molar-refractivity contribution >= 4 is 0 Å². The fraction of sp³-hybridized carbons (Fsp3) is 0.538. The molecule has 0 fully saturated rings. The van der Waals surface area contributed by atoms with Crippen molar-refractivity contribution in [3.05, 3.63) is 35.7 Å². The number of nitrogens with one attached hydrogen (secondary N) is 2. The largest absolute Gasteiger partial charge is 0.424 e. The van der Waals surface area contributed by atoms with E-state index in [1.807, 2.05) is 6.92 Å². The molecule has 0 spiro atoms. The molecule has 0 bridgehead atoms. The van der Waals surface area contributed by atoms with Crippen LogP contribution in [0.25, 0.3) is 0 Å². The smallest absolute Gasteiger partial charge is 0.374 e. The van der Waals surface area contributed by atoms with Gasteiger partial charge in [0.2, 0.25) is 5.60 Å². The van der Waals surface area contributed by atoms with E-state index < -0.39 is 24.0 Å². The van der Waals surface area contributed by atoms with Crippen LogP contribution >= 0.6 is 0 Å². The minimum atomic E-state index is -4.81. The highest BCUT2D eigenvalue weighted by Gasteiger charge is 2.56. The summed E-state index contributed by atoms with van der Waals surface area (Å²) in [6.45, 7) is 2.17. The first-order valence-corrected chi connectivity index (χ1v) is 6.72. The molecule has 2 rings (SSSR count). The summed E-state index contributed by atoms with van der Waals surface area (Å²) in [5, 5.41) is 19.6. The lowest BCUT2D eigenvalue weighted by molar-refractivity contribution is -0.272. The van der Waals surface area contributed by atoms with E-state index in [4.69, 9.17) is 0 Å². The number of H-pyrrole nitrogens is 1. The quantitative estimate of drug-likeness (QED) is 0.703. The molecule has 0 saturated carbocycles. The number of rotatable bonds is 6. The summed E-state index contributed by atoms with van der Waals surface area (Å²) in [5.41, 5.74) is -1.26. The lowest BCUT2D eigenvalue weighted by Gasteiger charge is -2.30. The van der Waals surface area contributed by atoms with E-state index in [1.54, 1.807) is 6.20 Å². The van der Waals surface area contributed by atoms with Crippen LogP contribution in [-0.2, 0) is 19.2 Å². The molecule has 122 valence electrons. The van der Waals surface area contributed by atoms with Crippen LogP contribution in [0.3, 0.4) is 0 Å². The molecule has 0 radical (unpaired) electrons. The second-order valence-corrected chi connectivity index (χ2v) is 5.17. The van der Waals surface area contributed by atoms with Gasteiger partial charge in [0, 0.05) is 43.7 Å². The third-order valence-electron chi connectivity index (χ3n) is 3.57. The van der Waals surface area contributed by atoms with Crippen LogP contribution < -0.4 is 5.32 Å². The van der Waals surface area contributed by atoms with Crippen molar-refractivity contribution in [1.82, 2.24) is 25.1 Å². The van der Waals surface area contributed by atoms with E-state index in [0.29, 0.717) is 6.54 Å². The first-order chi connectivity index (χ1) is 10.3. The summed E-state index contributed by atoms with van der Waals surface area (Å²) in [7, 11) is 1.42. The van der Waals surface area contributed by atoms with Crippen LogP contribution in [0.2, 0.25) is 0 Å². The number of hydrogen-bond acceptors (Lipinski definition) is 4. The van der Waals surface area contributed by atoms with Crippen molar-refractivity contribution in [3.63, 3.8) is 0 Å². The van der Waals surface area contributed by atoms with Gasteiger partial charge in [-0.15, -0.1) is 0 Å². The van der Waals surface area contributed by atoms with Gasteiger partial charge in [0.1, 0.15) is 5.82 Å². The van der Waals surface area contributed by atoms with Gasteiger partial charge in [-0.1, -0.05) is 0 Å². The Morgan fingerprint density at radius 1 is 1.41 bits per heavy atom. The molecule has 3 N–H and O–H groups in total. The Morgan fingerprint density at radius 3 is 2.64 bits per heavy atom. The molecule has 0 aliphatic heterocycles. The molecule has 0 aliphatic carbocycles. The van der Waals surface area contributed by atoms with Crippen molar-refractivity contribution in [2.45, 2.75) is 31.7 Å². The third-order valence-corrected chi connectivity index (χ3v) is 3.57. The second kappa shape index (κ2) is 6.09. The van der Waals surface area contributed by atoms with Crippen molar-refractivity contribution in [1.29, 1.82) is 0 Å². The van der Waals surface area contributed by atoms with Crippen LogP contribution in [0.4, 0.5) is 13.2 Å². The highest BCUT2D eigenvalue weighted by molar-refractivity contribution is 5.14. The zero-order chi connectivity index (χ0) is 16.4. The molecule has 2 heterocycles. The summed E-state index contributed by atoms with van der Waals surface area (Å²) in [6.07, 6.45) is -1.13. The maximum absolute atomic E-state index is 13.3. The molecule has 1 unspecified atom stereocenters. The fourth-order valence-corrected chi connectivity index (χ4v) is 2.19. The number of aryl methyl sites for hydroxylation is 2. The average Bonchev–Trinajstić information content (AvgIpc) is 3.02. The maximum Gasteiger partial charge on any atom is 0.424 e. The zero-order valence-electron chi connectivity index (χ0n) is 12.3. The number of imidazole rings is 1. The number of alkyl halides is 3. The molecule has 22 heavy (non-hydrogen) atoms. The van der Waals surface area contributed by atoms with Gasteiger partial charge in [-0.2, -0.15) is 18.3 Å². The van der Waals surface area contributed by atoms with Crippen molar-refractivity contribution in [3.8, 4) is 0 Å². The van der Waals surface area contributed by atoms with Gasteiger partial charge in [0.15, 0.2) is 0 Å². The molecular weight excluding hydrogens is 299 g/mol. The standard InChI is InChI=1S/C13H18F3N5O/c1-9-10(8-19-20-9)7-17-4-3-12(22,13(14,15)16)11-18-5-6-21(11)2/h5-6,8,17,22H,3-4,7H2,1-2H3,(H,19,20). The SMILES string of the molecule is Cc1[nH]ncc1CNCCC(O)(c1nccn1C)C(F)(F)F. The molecule has 9 heteroatoms. The molecule has 2 aromatic heterocycles. The Balaban J connectivity index is 2.03. The van der Waals surface area contributed by atoms with E-state index >= 15 is 0 Å². The Bertz CT molecular complexity index is 621. The van der Waals surface area contributed by atoms with Gasteiger partial charge in [-0.3, -0.25) is 5.10 Å². The fourth-order valence-electron chi connectivity index (χ4n) is 2.19. The first kappa shape index (κ1) is 16.5. The summed E-state index contributed by atoms with van der Waals surface area (Å²) >= 11 is 0. The molecule has 1 atom stereocenters. The normalized spacial score (nSPS) is 15.0. The second-order valence-electron chi connectivity index (χ2n) is 5.17. The topological polar surface area (TPSA) is 78.8 Å². The number of aromatic amines is 1. The van der Waals surface area contributed by atoms with Gasteiger partial charge in [-0.25, -0.2) is 4.98 Å². The number of nitrogens with zero attached hydrogens (tertiary/aromatic N) is 3. The Morgan fingerprint density at radius 2 is 2.14 bits per heavy atom. The van der Waals surface area contributed by atoms with Gasteiger partial charge in [-0.05, 0) is 13.5 Å². The van der Waals surface area contributed by atoms with Crippen molar-refractivity contribution < 1.29 is 18.3 Å². The molecule has 0 aromatic carbocycles. The summed E-state index contributed by atoms with van der Waals surface area (Å²) < 4.78 is 41.0. The minimum Gasteiger partial charge on any atom is -0.374 e. The van der Waals surface area contributed by atoms with E-state index in [9.17, 15) is 18.3 Å². The zero-order valence-corrected chi connectivity index (χ0v) is 12.3. The summed E-state index contributed by atoms with van der Waals surface area (Å²) in [6, 6.07) is 0. The van der Waals surface area contributed by atoms with Crippen LogP contribution in [0, 0.1) is 6.92 Å². The summed E-state index contributed by atoms with van der Waals surface area (Å²) in [4.78, 5) is 3.65. The monoisotopic (exact) mass is 317 g/mol. The molecular formula is C13H18F3N5O. The number of aromatic nitrogens is 4. The third kappa shape index (κ3) is 3.14. The van der Waals surface area contributed by atoms with Crippen molar-refractivity contribution in [2.24, 2.45) is 7.05 Å². The maximum atomic E-state index is 13.3. The highest BCUT2D eigenvalue weighted by atomic mass is 19.4. The lowest BCUT2D eigenvalue weighted by Crippen LogP contribution is -2.46. The Hall–Kier alpha value is -1.87. The predicted octanol–water partition coefficient (Wildman–Crippen LogP) is 1.38. The Labute approximate surface area is 125 Å². The van der Waals surface area contributed by atoms with Crippen LogP contribution in [0.5, 0.6) is 0 Å². The highest BCUT2D eigenvalue weighted by Crippen LogP contribution is 2.40. The van der Waals surface area contributed by atoms with Gasteiger partial charge < -0.3 is 15.0 Å². The minimum absolute atomic E-state index is 0.0203. The number of aliphatic hydroxyl groups is 1. The number of hydrogen-bond donors (Lipinski definition) is 3. The van der Waals surface area contributed by atoms with Gasteiger partial charge >= 0.3 is 6.18 Å². The Kier molecular flexibility index (Phi) is 4.57. The number of halogens is 3. The lowest BCUT2D eigenvalue weighted by atomic mass is 9.97. The van der Waals surface area contributed by atoms with Gasteiger partial charge in [0.25, 0.3) is 0 Å². The van der Waals surface area contributed by atoms with Crippen LogP contribution in [0.1, 0.15) is 23.5 Å². The van der Waals surface area contributed by atoms with E-state index in [0.717, 1.165) is 11.3 Å². The van der Waals surface area contributed by atoms with Crippen molar-refractivity contribution in [2.75, 3.05) is 6.54 Å². The molecule has 2 aromatic rings. The molecule has 0 saturated heterocycles. The van der Waals surface area contributed by atoms with Crippen LogP contribution in [0.15, 0.2) is 18.6 Å². The van der Waals surface area contributed by atoms with E-state index in [1.165, 1.54) is 24.0 Å². The van der Waals surface area contributed by atoms with E-state index in [2.05, 4.69) is 20.5 Å². The summed E-state index contributed by atoms with van der Waals surface area (Å²) in [5.74, 6) is -0.415. The first-order valence-electron chi connectivity index (χ1n) is 6.72. The van der Waals surface area contributed by atoms with Gasteiger partial charge in [0.05, 0.1) is 6.20 Å². The molecule has 0 aliphatic rings. The molecule has 6 nitrogen and oxygen atoms in total.